The quantitative estimate of drug-likeness (QED) is 0.791. The molecule has 15 heavy (non-hydrogen) atoms. The Morgan fingerprint density at radius 1 is 1.27 bits per heavy atom. The van der Waals surface area contributed by atoms with E-state index in [2.05, 4.69) is 4.72 Å². The summed E-state index contributed by atoms with van der Waals surface area (Å²) < 4.78 is 30.4. The predicted molar refractivity (Wildman–Crippen MR) is 59.7 cm³/mol. The molecule has 0 aromatic carbocycles. The first-order chi connectivity index (χ1) is 6.99. The molecule has 0 atom stereocenters. The van der Waals surface area contributed by atoms with Gasteiger partial charge in [0.15, 0.2) is 0 Å². The summed E-state index contributed by atoms with van der Waals surface area (Å²) in [7, 11) is -3.53. The summed E-state index contributed by atoms with van der Waals surface area (Å²) in [6.45, 7) is 4.11. The van der Waals surface area contributed by atoms with Crippen molar-refractivity contribution in [1.82, 2.24) is 4.72 Å². The fourth-order valence-corrected chi connectivity index (χ4v) is 2.85. The first kappa shape index (κ1) is 12.9. The summed E-state index contributed by atoms with van der Waals surface area (Å²) in [6.07, 6.45) is 5.30. The highest BCUT2D eigenvalue weighted by Gasteiger charge is 2.20. The van der Waals surface area contributed by atoms with Crippen LogP contribution in [0, 0.1) is 5.92 Å². The first-order valence-corrected chi connectivity index (χ1v) is 7.07. The van der Waals surface area contributed by atoms with E-state index >= 15 is 0 Å². The molecule has 0 unspecified atom stereocenters. The molecular weight excluding hydrogens is 214 g/mol. The van der Waals surface area contributed by atoms with E-state index in [9.17, 15) is 8.42 Å². The van der Waals surface area contributed by atoms with Crippen molar-refractivity contribution < 1.29 is 12.6 Å². The van der Waals surface area contributed by atoms with Crippen molar-refractivity contribution in [2.75, 3.05) is 6.61 Å². The maximum atomic E-state index is 11.5. The van der Waals surface area contributed by atoms with E-state index in [-0.39, 0.29) is 18.6 Å². The highest BCUT2D eigenvalue weighted by molar-refractivity contribution is 7.84. The fraction of sp³-hybridized carbons (Fsp3) is 1.00. The average Bonchev–Trinajstić information content (AvgIpc) is 2.16. The Hall–Kier alpha value is -0.130. The number of nitrogens with one attached hydrogen (secondary N) is 1. The van der Waals surface area contributed by atoms with Gasteiger partial charge in [0.1, 0.15) is 0 Å². The van der Waals surface area contributed by atoms with Gasteiger partial charge in [0.05, 0.1) is 6.61 Å². The lowest BCUT2D eigenvalue weighted by molar-refractivity contribution is 0.263. The zero-order valence-corrected chi connectivity index (χ0v) is 10.3. The first-order valence-electron chi connectivity index (χ1n) is 5.66. The molecule has 0 spiro atoms. The third kappa shape index (κ3) is 5.49. The van der Waals surface area contributed by atoms with Crippen molar-refractivity contribution in [3.8, 4) is 0 Å². The SMILES string of the molecule is CC(C)COS(=O)(=O)NC1CCCCC1. The van der Waals surface area contributed by atoms with Crippen LogP contribution in [0.25, 0.3) is 0 Å². The van der Waals surface area contributed by atoms with E-state index in [0.717, 1.165) is 25.7 Å². The third-order valence-electron chi connectivity index (χ3n) is 2.47. The third-order valence-corrected chi connectivity index (χ3v) is 3.54. The summed E-state index contributed by atoms with van der Waals surface area (Å²) in [5.41, 5.74) is 0. The van der Waals surface area contributed by atoms with Crippen LogP contribution >= 0.6 is 0 Å². The molecular formula is C10H21NO3S. The van der Waals surface area contributed by atoms with E-state index in [1.165, 1.54) is 6.42 Å². The van der Waals surface area contributed by atoms with Crippen molar-refractivity contribution in [2.24, 2.45) is 5.92 Å². The van der Waals surface area contributed by atoms with Gasteiger partial charge in [0.25, 0.3) is 0 Å². The van der Waals surface area contributed by atoms with Crippen molar-refractivity contribution in [2.45, 2.75) is 52.0 Å². The van der Waals surface area contributed by atoms with E-state index in [1.807, 2.05) is 13.8 Å². The van der Waals surface area contributed by atoms with Gasteiger partial charge in [-0.15, -0.1) is 0 Å². The molecule has 0 aromatic rings. The number of rotatable bonds is 5. The Balaban J connectivity index is 2.34. The molecule has 0 amide bonds. The molecule has 1 saturated carbocycles. The fourth-order valence-electron chi connectivity index (χ4n) is 1.68. The molecule has 1 N–H and O–H groups in total. The van der Waals surface area contributed by atoms with Gasteiger partial charge in [-0.25, -0.2) is 0 Å². The molecule has 0 aliphatic heterocycles. The lowest BCUT2D eigenvalue weighted by atomic mass is 9.96. The van der Waals surface area contributed by atoms with E-state index in [1.54, 1.807) is 0 Å². The predicted octanol–water partition coefficient (Wildman–Crippen LogP) is 1.83. The number of hydrogen-bond acceptors (Lipinski definition) is 3. The molecule has 1 fully saturated rings. The highest BCUT2D eigenvalue weighted by Crippen LogP contribution is 2.18. The van der Waals surface area contributed by atoms with Gasteiger partial charge in [0.2, 0.25) is 0 Å². The minimum atomic E-state index is -3.53. The maximum absolute atomic E-state index is 11.5. The Kier molecular flexibility index (Phi) is 5.02. The molecule has 0 aromatic heterocycles. The average molecular weight is 235 g/mol. The smallest absolute Gasteiger partial charge is 0.258 e. The van der Waals surface area contributed by atoms with Crippen LogP contribution in [0.2, 0.25) is 0 Å². The molecule has 4 nitrogen and oxygen atoms in total. The van der Waals surface area contributed by atoms with Crippen LogP contribution in [0.1, 0.15) is 46.0 Å². The molecule has 1 rings (SSSR count). The van der Waals surface area contributed by atoms with Crippen LogP contribution in [0.3, 0.4) is 0 Å². The van der Waals surface area contributed by atoms with Gasteiger partial charge in [0, 0.05) is 6.04 Å². The van der Waals surface area contributed by atoms with E-state index < -0.39 is 10.3 Å². The van der Waals surface area contributed by atoms with Crippen molar-refractivity contribution in [3.05, 3.63) is 0 Å². The Labute approximate surface area is 92.7 Å². The normalized spacial score (nSPS) is 19.7. The van der Waals surface area contributed by atoms with Crippen molar-refractivity contribution in [3.63, 3.8) is 0 Å². The van der Waals surface area contributed by atoms with Crippen LogP contribution in [0.4, 0.5) is 0 Å². The van der Waals surface area contributed by atoms with Crippen LogP contribution in [-0.4, -0.2) is 21.1 Å². The zero-order valence-electron chi connectivity index (χ0n) is 9.53. The standard InChI is InChI=1S/C10H21NO3S/c1-9(2)8-14-15(12,13)11-10-6-4-3-5-7-10/h9-11H,3-8H2,1-2H3. The Bertz CT molecular complexity index is 268. The van der Waals surface area contributed by atoms with Gasteiger partial charge < -0.3 is 0 Å². The molecule has 1 aliphatic rings. The lowest BCUT2D eigenvalue weighted by Crippen LogP contribution is -2.37. The molecule has 90 valence electrons. The second-order valence-electron chi connectivity index (χ2n) is 4.59. The Morgan fingerprint density at radius 2 is 1.87 bits per heavy atom. The second-order valence-corrected chi connectivity index (χ2v) is 5.96. The molecule has 1 aliphatic carbocycles. The summed E-state index contributed by atoms with van der Waals surface area (Å²) in [5.74, 6) is 0.230. The number of hydrogen-bond donors (Lipinski definition) is 1. The maximum Gasteiger partial charge on any atom is 0.336 e. The topological polar surface area (TPSA) is 55.4 Å². The van der Waals surface area contributed by atoms with E-state index in [4.69, 9.17) is 4.18 Å². The Morgan fingerprint density at radius 3 is 2.40 bits per heavy atom. The van der Waals surface area contributed by atoms with Crippen molar-refractivity contribution >= 4 is 10.3 Å². The largest absolute Gasteiger partial charge is 0.336 e. The van der Waals surface area contributed by atoms with Crippen LogP contribution < -0.4 is 4.72 Å². The molecule has 0 bridgehead atoms. The summed E-state index contributed by atoms with van der Waals surface area (Å²) in [5, 5.41) is 0. The molecule has 0 radical (unpaired) electrons. The molecule has 0 saturated heterocycles. The van der Waals surface area contributed by atoms with E-state index in [0.29, 0.717) is 0 Å². The molecule has 5 heteroatoms. The van der Waals surface area contributed by atoms with Gasteiger partial charge in [-0.2, -0.15) is 13.1 Å². The highest BCUT2D eigenvalue weighted by atomic mass is 32.2. The van der Waals surface area contributed by atoms with Crippen LogP contribution in [0.15, 0.2) is 0 Å². The summed E-state index contributed by atoms with van der Waals surface area (Å²) >= 11 is 0. The second kappa shape index (κ2) is 5.82. The van der Waals surface area contributed by atoms with Gasteiger partial charge in [-0.1, -0.05) is 33.1 Å². The van der Waals surface area contributed by atoms with Gasteiger partial charge in [-0.05, 0) is 18.8 Å². The molecule has 0 heterocycles. The summed E-state index contributed by atoms with van der Waals surface area (Å²) in [6, 6.07) is 0.0795. The van der Waals surface area contributed by atoms with Gasteiger partial charge in [-0.3, -0.25) is 4.18 Å². The lowest BCUT2D eigenvalue weighted by Gasteiger charge is -2.22. The van der Waals surface area contributed by atoms with Gasteiger partial charge >= 0.3 is 10.3 Å². The zero-order chi connectivity index (χ0) is 11.3. The van der Waals surface area contributed by atoms with Crippen LogP contribution in [-0.2, 0) is 14.5 Å². The van der Waals surface area contributed by atoms with Crippen LogP contribution in [0.5, 0.6) is 0 Å². The monoisotopic (exact) mass is 235 g/mol. The summed E-state index contributed by atoms with van der Waals surface area (Å²) in [4.78, 5) is 0. The minimum Gasteiger partial charge on any atom is -0.258 e. The minimum absolute atomic E-state index is 0.0795. The van der Waals surface area contributed by atoms with Crippen molar-refractivity contribution in [1.29, 1.82) is 0 Å².